The molecule has 2 aliphatic heterocycles. The first-order valence-corrected chi connectivity index (χ1v) is 6.12. The van der Waals surface area contributed by atoms with Gasteiger partial charge in [0.25, 0.3) is 0 Å². The maximum absolute atomic E-state index is 6.07. The molecule has 0 atom stereocenters. The van der Waals surface area contributed by atoms with Crippen molar-refractivity contribution in [3.63, 3.8) is 0 Å². The minimum absolute atomic E-state index is 0.770. The Labute approximate surface area is 95.9 Å². The lowest BCUT2D eigenvalue weighted by atomic mass is 10.1. The lowest BCUT2D eigenvalue weighted by Crippen LogP contribution is -2.36. The summed E-state index contributed by atoms with van der Waals surface area (Å²) in [6.07, 6.45) is 8.14. The van der Waals surface area contributed by atoms with Crippen molar-refractivity contribution in [1.82, 2.24) is 10.2 Å². The number of nitrogens with two attached hydrogens (primary N) is 1. The number of hydrogen-bond acceptors (Lipinski definition) is 4. The first-order valence-electron chi connectivity index (χ1n) is 6.12. The normalized spacial score (nSPS) is 24.9. The van der Waals surface area contributed by atoms with E-state index < -0.39 is 0 Å². The number of aliphatic imine (C=N–C) groups is 1. The van der Waals surface area contributed by atoms with Crippen LogP contribution in [0.15, 0.2) is 27.9 Å². The number of allylic oxidation sites excluding steroid dienone is 2. The maximum atomic E-state index is 6.07. The van der Waals surface area contributed by atoms with E-state index in [1.54, 1.807) is 0 Å². The molecule has 2 fully saturated rings. The number of nitrogens with one attached hydrogen (secondary N) is 1. The Hall–Kier alpha value is -1.45. The van der Waals surface area contributed by atoms with Crippen molar-refractivity contribution < 1.29 is 0 Å². The molecule has 4 nitrogen and oxygen atoms in total. The molecule has 1 saturated heterocycles. The fourth-order valence-corrected chi connectivity index (χ4v) is 2.28. The van der Waals surface area contributed by atoms with E-state index in [0.29, 0.717) is 0 Å². The molecule has 0 aromatic heterocycles. The Kier molecular flexibility index (Phi) is 2.35. The van der Waals surface area contributed by atoms with Crippen LogP contribution < -0.4 is 11.1 Å². The smallest absolute Gasteiger partial charge is 0.130 e. The molecule has 3 rings (SSSR count). The van der Waals surface area contributed by atoms with E-state index in [-0.39, 0.29) is 0 Å². The molecule has 1 saturated carbocycles. The third kappa shape index (κ3) is 1.79. The second-order valence-corrected chi connectivity index (χ2v) is 4.68. The molecule has 0 radical (unpaired) electrons. The van der Waals surface area contributed by atoms with Crippen molar-refractivity contribution in [2.24, 2.45) is 10.7 Å². The SMILES string of the molecule is NC1=C(N2CCCCC2)C=NC(=C2CC2)N1. The number of hydrogen-bond donors (Lipinski definition) is 2. The highest BCUT2D eigenvalue weighted by atomic mass is 15.2. The van der Waals surface area contributed by atoms with E-state index in [1.807, 2.05) is 6.21 Å². The highest BCUT2D eigenvalue weighted by Gasteiger charge is 2.23. The van der Waals surface area contributed by atoms with Crippen LogP contribution in [0, 0.1) is 0 Å². The zero-order valence-electron chi connectivity index (χ0n) is 9.50. The Morgan fingerprint density at radius 2 is 1.94 bits per heavy atom. The summed E-state index contributed by atoms with van der Waals surface area (Å²) in [4.78, 5) is 6.80. The molecule has 0 aromatic rings. The highest BCUT2D eigenvalue weighted by molar-refractivity contribution is 5.81. The van der Waals surface area contributed by atoms with Crippen LogP contribution in [0.1, 0.15) is 32.1 Å². The van der Waals surface area contributed by atoms with Gasteiger partial charge in [0, 0.05) is 13.1 Å². The summed E-state index contributed by atoms with van der Waals surface area (Å²) in [6.45, 7) is 2.21. The van der Waals surface area contributed by atoms with E-state index in [2.05, 4.69) is 15.2 Å². The summed E-state index contributed by atoms with van der Waals surface area (Å²) in [5.41, 5.74) is 8.54. The van der Waals surface area contributed by atoms with Crippen molar-refractivity contribution in [2.75, 3.05) is 13.1 Å². The molecule has 0 amide bonds. The summed E-state index contributed by atoms with van der Waals surface area (Å²) in [6, 6.07) is 0. The van der Waals surface area contributed by atoms with Gasteiger partial charge in [0.2, 0.25) is 0 Å². The third-order valence-corrected chi connectivity index (χ3v) is 3.38. The van der Waals surface area contributed by atoms with Gasteiger partial charge in [0.15, 0.2) is 0 Å². The van der Waals surface area contributed by atoms with E-state index in [1.165, 1.54) is 37.7 Å². The molecule has 0 spiro atoms. The van der Waals surface area contributed by atoms with E-state index >= 15 is 0 Å². The average molecular weight is 218 g/mol. The number of piperidine rings is 1. The van der Waals surface area contributed by atoms with Crippen molar-refractivity contribution in [2.45, 2.75) is 32.1 Å². The van der Waals surface area contributed by atoms with Gasteiger partial charge in [-0.25, -0.2) is 4.99 Å². The molecule has 3 aliphatic rings. The monoisotopic (exact) mass is 218 g/mol. The predicted molar refractivity (Wildman–Crippen MR) is 64.5 cm³/mol. The Morgan fingerprint density at radius 1 is 1.19 bits per heavy atom. The van der Waals surface area contributed by atoms with Gasteiger partial charge in [-0.1, -0.05) is 0 Å². The molecule has 2 heterocycles. The number of nitrogens with zero attached hydrogens (tertiary/aromatic N) is 2. The lowest BCUT2D eigenvalue weighted by molar-refractivity contribution is 0.294. The van der Waals surface area contributed by atoms with Crippen LogP contribution >= 0.6 is 0 Å². The molecule has 1 aliphatic carbocycles. The van der Waals surface area contributed by atoms with E-state index in [4.69, 9.17) is 5.73 Å². The summed E-state index contributed by atoms with van der Waals surface area (Å²) in [5, 5.41) is 3.22. The number of rotatable bonds is 1. The van der Waals surface area contributed by atoms with Gasteiger partial charge in [-0.15, -0.1) is 0 Å². The van der Waals surface area contributed by atoms with Crippen LogP contribution in [0.2, 0.25) is 0 Å². The zero-order valence-corrected chi connectivity index (χ0v) is 9.50. The van der Waals surface area contributed by atoms with Gasteiger partial charge < -0.3 is 16.0 Å². The van der Waals surface area contributed by atoms with Gasteiger partial charge in [0.1, 0.15) is 11.6 Å². The van der Waals surface area contributed by atoms with Crippen LogP contribution in [0.3, 0.4) is 0 Å². The first kappa shape index (κ1) is 9.75. The van der Waals surface area contributed by atoms with Gasteiger partial charge in [-0.05, 0) is 37.7 Å². The topological polar surface area (TPSA) is 53.6 Å². The second kappa shape index (κ2) is 3.85. The molecular weight excluding hydrogens is 200 g/mol. The van der Waals surface area contributed by atoms with Gasteiger partial charge in [-0.2, -0.15) is 0 Å². The average Bonchev–Trinajstić information content (AvgIpc) is 3.14. The Morgan fingerprint density at radius 3 is 2.56 bits per heavy atom. The summed E-state index contributed by atoms with van der Waals surface area (Å²) < 4.78 is 0. The lowest BCUT2D eigenvalue weighted by Gasteiger charge is -2.31. The van der Waals surface area contributed by atoms with Gasteiger partial charge in [-0.3, -0.25) is 0 Å². The zero-order chi connectivity index (χ0) is 11.0. The molecular formula is C12H18N4. The van der Waals surface area contributed by atoms with Crippen LogP contribution in [0.5, 0.6) is 0 Å². The van der Waals surface area contributed by atoms with Crippen molar-refractivity contribution in [3.05, 3.63) is 22.9 Å². The van der Waals surface area contributed by atoms with Crippen LogP contribution in [0.4, 0.5) is 0 Å². The van der Waals surface area contributed by atoms with Crippen molar-refractivity contribution in [3.8, 4) is 0 Å². The number of likely N-dealkylation sites (tertiary alicyclic amines) is 1. The largest absolute Gasteiger partial charge is 0.383 e. The molecule has 3 N–H and O–H groups in total. The molecule has 0 bridgehead atoms. The fourth-order valence-electron chi connectivity index (χ4n) is 2.28. The van der Waals surface area contributed by atoms with E-state index in [0.717, 1.165) is 30.4 Å². The Bertz CT molecular complexity index is 380. The van der Waals surface area contributed by atoms with Gasteiger partial charge >= 0.3 is 0 Å². The maximum Gasteiger partial charge on any atom is 0.130 e. The fraction of sp³-hybridized carbons (Fsp3) is 0.583. The first-order chi connectivity index (χ1) is 7.84. The molecule has 0 aromatic carbocycles. The standard InChI is InChI=1S/C12H18N4/c13-11-10(16-6-2-1-3-7-16)8-14-12(15-11)9-4-5-9/h8,15H,1-7,13H2. The minimum atomic E-state index is 0.770. The summed E-state index contributed by atoms with van der Waals surface area (Å²) >= 11 is 0. The minimum Gasteiger partial charge on any atom is -0.383 e. The summed E-state index contributed by atoms with van der Waals surface area (Å²) in [5.74, 6) is 1.75. The van der Waals surface area contributed by atoms with Crippen molar-refractivity contribution in [1.29, 1.82) is 0 Å². The van der Waals surface area contributed by atoms with E-state index in [9.17, 15) is 0 Å². The molecule has 86 valence electrons. The quantitative estimate of drug-likeness (QED) is 0.697. The Balaban J connectivity index is 1.78. The third-order valence-electron chi connectivity index (χ3n) is 3.38. The van der Waals surface area contributed by atoms with Crippen molar-refractivity contribution >= 4 is 6.21 Å². The molecule has 4 heteroatoms. The van der Waals surface area contributed by atoms with Crippen LogP contribution in [-0.4, -0.2) is 24.2 Å². The van der Waals surface area contributed by atoms with Crippen LogP contribution in [-0.2, 0) is 0 Å². The summed E-state index contributed by atoms with van der Waals surface area (Å²) in [7, 11) is 0. The molecule has 16 heavy (non-hydrogen) atoms. The molecule has 0 unspecified atom stereocenters. The van der Waals surface area contributed by atoms with Gasteiger partial charge in [0.05, 0.1) is 11.9 Å². The van der Waals surface area contributed by atoms with Crippen LogP contribution in [0.25, 0.3) is 0 Å². The predicted octanol–water partition coefficient (Wildman–Crippen LogP) is 1.28. The second-order valence-electron chi connectivity index (χ2n) is 4.68. The highest BCUT2D eigenvalue weighted by Crippen LogP contribution is 2.32.